The summed E-state index contributed by atoms with van der Waals surface area (Å²) >= 11 is 5.30. The molecule has 1 aromatic carbocycles. The second-order valence-electron chi connectivity index (χ2n) is 5.59. The van der Waals surface area contributed by atoms with Crippen LogP contribution in [0.1, 0.15) is 29.2 Å². The molecular formula is C17H22BrNOS. The molecule has 0 radical (unpaired) electrons. The Labute approximate surface area is 139 Å². The molecule has 1 heterocycles. The zero-order chi connectivity index (χ0) is 15.2. The maximum absolute atomic E-state index is 5.92. The van der Waals surface area contributed by atoms with Gasteiger partial charge in [-0.15, -0.1) is 11.3 Å². The standard InChI is InChI=1S/C17H22BrNOS/c1-12(2)9-19-10-15-6-7-16(21-15)11-20-17-8-14(18)5-4-13(17)3/h4-8,12,19H,9-11H2,1-3H3. The van der Waals surface area contributed by atoms with Gasteiger partial charge in [-0.2, -0.15) is 0 Å². The Balaban J connectivity index is 1.86. The smallest absolute Gasteiger partial charge is 0.123 e. The largest absolute Gasteiger partial charge is 0.488 e. The fourth-order valence-electron chi connectivity index (χ4n) is 1.96. The van der Waals surface area contributed by atoms with E-state index in [0.717, 1.165) is 28.9 Å². The summed E-state index contributed by atoms with van der Waals surface area (Å²) in [5.41, 5.74) is 1.16. The van der Waals surface area contributed by atoms with Gasteiger partial charge in [0.1, 0.15) is 12.4 Å². The second-order valence-corrected chi connectivity index (χ2v) is 7.76. The maximum atomic E-state index is 5.92. The van der Waals surface area contributed by atoms with Gasteiger partial charge >= 0.3 is 0 Å². The fraction of sp³-hybridized carbons (Fsp3) is 0.412. The molecule has 0 fully saturated rings. The quantitative estimate of drug-likeness (QED) is 0.730. The first-order chi connectivity index (χ1) is 10.0. The van der Waals surface area contributed by atoms with Gasteiger partial charge in [0.2, 0.25) is 0 Å². The van der Waals surface area contributed by atoms with Crippen LogP contribution >= 0.6 is 27.3 Å². The molecule has 0 aliphatic carbocycles. The topological polar surface area (TPSA) is 21.3 Å². The van der Waals surface area contributed by atoms with Gasteiger partial charge in [0.05, 0.1) is 0 Å². The lowest BCUT2D eigenvalue weighted by Gasteiger charge is -2.08. The van der Waals surface area contributed by atoms with Gasteiger partial charge in [0.15, 0.2) is 0 Å². The summed E-state index contributed by atoms with van der Waals surface area (Å²) in [5, 5.41) is 3.47. The van der Waals surface area contributed by atoms with E-state index in [2.05, 4.69) is 60.2 Å². The van der Waals surface area contributed by atoms with Crippen LogP contribution in [0.25, 0.3) is 0 Å². The summed E-state index contributed by atoms with van der Waals surface area (Å²) in [5.74, 6) is 1.63. The van der Waals surface area contributed by atoms with Crippen molar-refractivity contribution in [2.45, 2.75) is 33.9 Å². The van der Waals surface area contributed by atoms with E-state index in [4.69, 9.17) is 4.74 Å². The van der Waals surface area contributed by atoms with E-state index < -0.39 is 0 Å². The van der Waals surface area contributed by atoms with E-state index in [-0.39, 0.29) is 0 Å². The van der Waals surface area contributed by atoms with E-state index >= 15 is 0 Å². The minimum Gasteiger partial charge on any atom is -0.488 e. The molecule has 0 bridgehead atoms. The van der Waals surface area contributed by atoms with Gasteiger partial charge in [0.25, 0.3) is 0 Å². The molecule has 1 N–H and O–H groups in total. The van der Waals surface area contributed by atoms with Crippen LogP contribution in [-0.2, 0) is 13.2 Å². The number of benzene rings is 1. The van der Waals surface area contributed by atoms with Gasteiger partial charge in [0, 0.05) is 20.8 Å². The number of hydrogen-bond acceptors (Lipinski definition) is 3. The number of halogens is 1. The molecule has 4 heteroatoms. The Morgan fingerprint density at radius 1 is 1.19 bits per heavy atom. The van der Waals surface area contributed by atoms with Gasteiger partial charge < -0.3 is 10.1 Å². The Kier molecular flexibility index (Phi) is 6.27. The molecule has 2 aromatic rings. The number of ether oxygens (including phenoxy) is 1. The normalized spacial score (nSPS) is 11.1. The highest BCUT2D eigenvalue weighted by Gasteiger charge is 2.04. The van der Waals surface area contributed by atoms with Crippen LogP contribution in [0, 0.1) is 12.8 Å². The predicted octanol–water partition coefficient (Wildman–Crippen LogP) is 5.14. The van der Waals surface area contributed by atoms with Gasteiger partial charge in [-0.05, 0) is 49.2 Å². The first kappa shape index (κ1) is 16.5. The van der Waals surface area contributed by atoms with E-state index in [1.165, 1.54) is 9.75 Å². The monoisotopic (exact) mass is 367 g/mol. The molecule has 1 aromatic heterocycles. The summed E-state index contributed by atoms with van der Waals surface area (Å²) in [4.78, 5) is 2.62. The highest BCUT2D eigenvalue weighted by Crippen LogP contribution is 2.25. The van der Waals surface area contributed by atoms with Crippen LogP contribution < -0.4 is 10.1 Å². The molecule has 0 atom stereocenters. The highest BCUT2D eigenvalue weighted by molar-refractivity contribution is 9.10. The molecule has 114 valence electrons. The molecule has 0 spiro atoms. The summed E-state index contributed by atoms with van der Waals surface area (Å²) in [6.07, 6.45) is 0. The van der Waals surface area contributed by atoms with Crippen molar-refractivity contribution >= 4 is 27.3 Å². The number of aryl methyl sites for hydroxylation is 1. The van der Waals surface area contributed by atoms with Crippen molar-refractivity contribution in [3.63, 3.8) is 0 Å². The number of nitrogens with one attached hydrogen (secondary N) is 1. The van der Waals surface area contributed by atoms with Crippen molar-refractivity contribution in [2.75, 3.05) is 6.54 Å². The van der Waals surface area contributed by atoms with Crippen LogP contribution in [0.3, 0.4) is 0 Å². The molecule has 0 aliphatic heterocycles. The zero-order valence-electron chi connectivity index (χ0n) is 12.8. The van der Waals surface area contributed by atoms with Crippen molar-refractivity contribution in [3.05, 3.63) is 50.1 Å². The van der Waals surface area contributed by atoms with Crippen LogP contribution in [0.5, 0.6) is 5.75 Å². The van der Waals surface area contributed by atoms with Crippen molar-refractivity contribution in [1.82, 2.24) is 5.32 Å². The van der Waals surface area contributed by atoms with Crippen LogP contribution in [0.15, 0.2) is 34.8 Å². The minimum absolute atomic E-state index is 0.631. The molecule has 0 saturated heterocycles. The Morgan fingerprint density at radius 2 is 1.95 bits per heavy atom. The van der Waals surface area contributed by atoms with Gasteiger partial charge in [-0.25, -0.2) is 0 Å². The highest BCUT2D eigenvalue weighted by atomic mass is 79.9. The average Bonchev–Trinajstić information content (AvgIpc) is 2.87. The van der Waals surface area contributed by atoms with Crippen LogP contribution in [0.2, 0.25) is 0 Å². The lowest BCUT2D eigenvalue weighted by atomic mass is 10.2. The second kappa shape index (κ2) is 7.97. The third-order valence-electron chi connectivity index (χ3n) is 3.09. The third-order valence-corrected chi connectivity index (χ3v) is 4.64. The number of rotatable bonds is 7. The van der Waals surface area contributed by atoms with E-state index in [0.29, 0.717) is 12.5 Å². The number of hydrogen-bond donors (Lipinski definition) is 1. The zero-order valence-corrected chi connectivity index (χ0v) is 15.2. The van der Waals surface area contributed by atoms with Gasteiger partial charge in [-0.3, -0.25) is 0 Å². The molecular weight excluding hydrogens is 346 g/mol. The van der Waals surface area contributed by atoms with Gasteiger partial charge in [-0.1, -0.05) is 35.8 Å². The molecule has 0 saturated carbocycles. The summed E-state index contributed by atoms with van der Waals surface area (Å²) in [7, 11) is 0. The number of thiophene rings is 1. The maximum Gasteiger partial charge on any atom is 0.123 e. The average molecular weight is 368 g/mol. The Morgan fingerprint density at radius 3 is 2.71 bits per heavy atom. The van der Waals surface area contributed by atoms with Crippen LogP contribution in [-0.4, -0.2) is 6.54 Å². The fourth-order valence-corrected chi connectivity index (χ4v) is 3.20. The molecule has 21 heavy (non-hydrogen) atoms. The predicted molar refractivity (Wildman–Crippen MR) is 94.1 cm³/mol. The van der Waals surface area contributed by atoms with Crippen molar-refractivity contribution in [3.8, 4) is 5.75 Å². The van der Waals surface area contributed by atoms with Crippen LogP contribution in [0.4, 0.5) is 0 Å². The summed E-state index contributed by atoms with van der Waals surface area (Å²) in [6, 6.07) is 10.5. The first-order valence-electron chi connectivity index (χ1n) is 7.22. The van der Waals surface area contributed by atoms with Crippen molar-refractivity contribution in [1.29, 1.82) is 0 Å². The molecule has 2 nitrogen and oxygen atoms in total. The molecule has 0 aliphatic rings. The molecule has 0 amide bonds. The van der Waals surface area contributed by atoms with E-state index in [1.807, 2.05) is 23.5 Å². The minimum atomic E-state index is 0.631. The summed E-state index contributed by atoms with van der Waals surface area (Å²) in [6.45, 7) is 9.14. The van der Waals surface area contributed by atoms with E-state index in [9.17, 15) is 0 Å². The Hall–Kier alpha value is -0.840. The lowest BCUT2D eigenvalue weighted by molar-refractivity contribution is 0.307. The summed E-state index contributed by atoms with van der Waals surface area (Å²) < 4.78 is 6.97. The van der Waals surface area contributed by atoms with Crippen molar-refractivity contribution < 1.29 is 4.74 Å². The van der Waals surface area contributed by atoms with E-state index in [1.54, 1.807) is 0 Å². The third kappa shape index (κ3) is 5.46. The SMILES string of the molecule is Cc1ccc(Br)cc1OCc1ccc(CNCC(C)C)s1. The molecule has 2 rings (SSSR count). The van der Waals surface area contributed by atoms with Crippen molar-refractivity contribution in [2.24, 2.45) is 5.92 Å². The Bertz CT molecular complexity index is 580. The lowest BCUT2D eigenvalue weighted by Crippen LogP contribution is -2.18. The molecule has 0 unspecified atom stereocenters. The first-order valence-corrected chi connectivity index (χ1v) is 8.83.